The standard InChI is InChI=1S/C25H27FN2O6/c1-3-16-12-18(17-4-7-19(26)8-5-17)6-9-20(16)23(30)27-14-22(29)28-15-25(33-10-11-34-25)13-21(28)24(31)32-2/h4-9,12,21H,3,10-11,13-15H2,1-2H3,(H,27,30)/t21-/m0/s1. The van der Waals surface area contributed by atoms with E-state index in [1.165, 1.54) is 24.1 Å². The number of hydrogen-bond donors (Lipinski definition) is 1. The molecule has 2 aliphatic heterocycles. The van der Waals surface area contributed by atoms with Crippen molar-refractivity contribution in [1.29, 1.82) is 0 Å². The maximum absolute atomic E-state index is 13.2. The van der Waals surface area contributed by atoms with Gasteiger partial charge in [0, 0.05) is 12.0 Å². The SMILES string of the molecule is CCc1cc(-c2ccc(F)cc2)ccc1C(=O)NCC(=O)N1CC2(C[C@H]1C(=O)OC)OCCO2. The number of rotatable bonds is 6. The lowest BCUT2D eigenvalue weighted by molar-refractivity contribution is -0.152. The number of ether oxygens (including phenoxy) is 3. The van der Waals surface area contributed by atoms with Gasteiger partial charge in [-0.2, -0.15) is 0 Å². The van der Waals surface area contributed by atoms with Gasteiger partial charge in [-0.25, -0.2) is 9.18 Å². The molecule has 2 aliphatic rings. The molecule has 9 heteroatoms. The van der Waals surface area contributed by atoms with Crippen molar-refractivity contribution in [1.82, 2.24) is 10.2 Å². The molecule has 1 N–H and O–H groups in total. The third-order valence-electron chi connectivity index (χ3n) is 6.21. The Morgan fingerprint density at radius 1 is 1.12 bits per heavy atom. The second-order valence-corrected chi connectivity index (χ2v) is 8.29. The first-order chi connectivity index (χ1) is 16.4. The molecule has 2 heterocycles. The third-order valence-corrected chi connectivity index (χ3v) is 6.21. The van der Waals surface area contributed by atoms with E-state index in [1.807, 2.05) is 13.0 Å². The van der Waals surface area contributed by atoms with Crippen molar-refractivity contribution in [3.8, 4) is 11.1 Å². The summed E-state index contributed by atoms with van der Waals surface area (Å²) in [6, 6.07) is 10.7. The van der Waals surface area contributed by atoms with E-state index in [0.29, 0.717) is 25.2 Å². The molecule has 1 atom stereocenters. The minimum Gasteiger partial charge on any atom is -0.467 e. The number of halogens is 1. The highest BCUT2D eigenvalue weighted by Crippen LogP contribution is 2.35. The molecule has 2 aromatic carbocycles. The number of esters is 1. The second kappa shape index (κ2) is 9.90. The zero-order chi connectivity index (χ0) is 24.3. The largest absolute Gasteiger partial charge is 0.467 e. The van der Waals surface area contributed by atoms with Crippen molar-refractivity contribution in [3.05, 3.63) is 59.4 Å². The Labute approximate surface area is 197 Å². The summed E-state index contributed by atoms with van der Waals surface area (Å²) in [5.74, 6) is -2.71. The predicted molar refractivity (Wildman–Crippen MR) is 120 cm³/mol. The molecule has 0 radical (unpaired) electrons. The van der Waals surface area contributed by atoms with E-state index in [0.717, 1.165) is 16.7 Å². The van der Waals surface area contributed by atoms with Crippen LogP contribution in [0.2, 0.25) is 0 Å². The Morgan fingerprint density at radius 3 is 2.44 bits per heavy atom. The second-order valence-electron chi connectivity index (χ2n) is 8.29. The van der Waals surface area contributed by atoms with Gasteiger partial charge in [0.1, 0.15) is 11.9 Å². The van der Waals surface area contributed by atoms with Gasteiger partial charge in [-0.1, -0.05) is 31.2 Å². The number of methoxy groups -OCH3 is 1. The van der Waals surface area contributed by atoms with Crippen LogP contribution in [0.25, 0.3) is 11.1 Å². The lowest BCUT2D eigenvalue weighted by Gasteiger charge is -2.23. The van der Waals surface area contributed by atoms with Crippen molar-refractivity contribution in [2.75, 3.05) is 33.4 Å². The maximum atomic E-state index is 13.2. The molecule has 2 fully saturated rings. The van der Waals surface area contributed by atoms with E-state index in [4.69, 9.17) is 14.2 Å². The number of likely N-dealkylation sites (tertiary alicyclic amines) is 1. The highest BCUT2D eigenvalue weighted by atomic mass is 19.1. The number of amides is 2. The van der Waals surface area contributed by atoms with Crippen LogP contribution in [0.5, 0.6) is 0 Å². The summed E-state index contributed by atoms with van der Waals surface area (Å²) in [7, 11) is 1.26. The predicted octanol–water partition coefficient (Wildman–Crippen LogP) is 2.30. The number of aryl methyl sites for hydroxylation is 1. The summed E-state index contributed by atoms with van der Waals surface area (Å²) < 4.78 is 29.4. The summed E-state index contributed by atoms with van der Waals surface area (Å²) in [4.78, 5) is 39.4. The highest BCUT2D eigenvalue weighted by Gasteiger charge is 2.52. The quantitative estimate of drug-likeness (QED) is 0.652. The molecular formula is C25H27FN2O6. The van der Waals surface area contributed by atoms with Gasteiger partial charge in [-0.15, -0.1) is 0 Å². The minimum atomic E-state index is -1.01. The summed E-state index contributed by atoms with van der Waals surface area (Å²) >= 11 is 0. The molecular weight excluding hydrogens is 443 g/mol. The van der Waals surface area contributed by atoms with E-state index in [9.17, 15) is 18.8 Å². The molecule has 0 aliphatic carbocycles. The molecule has 2 saturated heterocycles. The molecule has 0 unspecified atom stereocenters. The van der Waals surface area contributed by atoms with E-state index in [-0.39, 0.29) is 25.3 Å². The number of nitrogens with one attached hydrogen (secondary N) is 1. The van der Waals surface area contributed by atoms with Gasteiger partial charge < -0.3 is 24.4 Å². The van der Waals surface area contributed by atoms with Crippen LogP contribution in [0.15, 0.2) is 42.5 Å². The average molecular weight is 470 g/mol. The number of benzene rings is 2. The van der Waals surface area contributed by atoms with Crippen LogP contribution in [0.1, 0.15) is 29.3 Å². The monoisotopic (exact) mass is 470 g/mol. The summed E-state index contributed by atoms with van der Waals surface area (Å²) in [6.45, 7) is 2.51. The van der Waals surface area contributed by atoms with Crippen LogP contribution in [-0.4, -0.2) is 67.9 Å². The maximum Gasteiger partial charge on any atom is 0.328 e. The van der Waals surface area contributed by atoms with E-state index < -0.39 is 29.6 Å². The number of nitrogens with zero attached hydrogens (tertiary/aromatic N) is 1. The van der Waals surface area contributed by atoms with Gasteiger partial charge in [0.2, 0.25) is 5.91 Å². The van der Waals surface area contributed by atoms with E-state index in [1.54, 1.807) is 24.3 Å². The van der Waals surface area contributed by atoms with E-state index >= 15 is 0 Å². The van der Waals surface area contributed by atoms with Gasteiger partial charge in [-0.3, -0.25) is 9.59 Å². The number of carbonyl (C=O) groups is 3. The molecule has 180 valence electrons. The summed E-state index contributed by atoms with van der Waals surface area (Å²) in [5.41, 5.74) is 2.95. The zero-order valence-electron chi connectivity index (χ0n) is 19.1. The van der Waals surface area contributed by atoms with Crippen molar-refractivity contribution in [2.24, 2.45) is 0 Å². The normalized spacial score (nSPS) is 18.8. The molecule has 2 aromatic rings. The molecule has 34 heavy (non-hydrogen) atoms. The molecule has 0 aromatic heterocycles. The van der Waals surface area contributed by atoms with Crippen molar-refractivity contribution >= 4 is 17.8 Å². The molecule has 0 saturated carbocycles. The van der Waals surface area contributed by atoms with E-state index in [2.05, 4.69) is 5.32 Å². The van der Waals surface area contributed by atoms with Crippen LogP contribution >= 0.6 is 0 Å². The molecule has 4 rings (SSSR count). The lowest BCUT2D eigenvalue weighted by Crippen LogP contribution is -2.46. The Morgan fingerprint density at radius 2 is 1.79 bits per heavy atom. The van der Waals surface area contributed by atoms with Gasteiger partial charge in [-0.05, 0) is 41.3 Å². The smallest absolute Gasteiger partial charge is 0.328 e. The van der Waals surface area contributed by atoms with Crippen molar-refractivity contribution in [3.63, 3.8) is 0 Å². The Balaban J connectivity index is 1.44. The Hall–Kier alpha value is -3.30. The summed E-state index contributed by atoms with van der Waals surface area (Å²) in [6.07, 6.45) is 0.781. The fourth-order valence-corrected chi connectivity index (χ4v) is 4.44. The first-order valence-electron chi connectivity index (χ1n) is 11.2. The van der Waals surface area contributed by atoms with Gasteiger partial charge >= 0.3 is 5.97 Å². The van der Waals surface area contributed by atoms with Crippen molar-refractivity contribution < 1.29 is 33.0 Å². The van der Waals surface area contributed by atoms with Crippen LogP contribution < -0.4 is 5.32 Å². The first kappa shape index (κ1) is 23.8. The fourth-order valence-electron chi connectivity index (χ4n) is 4.44. The van der Waals surface area contributed by atoms with Gasteiger partial charge in [0.15, 0.2) is 5.79 Å². The topological polar surface area (TPSA) is 94.2 Å². The Kier molecular flexibility index (Phi) is 6.95. The third kappa shape index (κ3) is 4.80. The molecule has 8 nitrogen and oxygen atoms in total. The Bertz CT molecular complexity index is 1080. The van der Waals surface area contributed by atoms with Crippen molar-refractivity contribution in [2.45, 2.75) is 31.6 Å². The fraction of sp³-hybridized carbons (Fsp3) is 0.400. The van der Waals surface area contributed by atoms with Gasteiger partial charge in [0.25, 0.3) is 5.91 Å². The molecule has 0 bridgehead atoms. The highest BCUT2D eigenvalue weighted by molar-refractivity contribution is 5.98. The van der Waals surface area contributed by atoms with Crippen LogP contribution in [0, 0.1) is 5.82 Å². The molecule has 2 amide bonds. The number of carbonyl (C=O) groups excluding carboxylic acids is 3. The first-order valence-corrected chi connectivity index (χ1v) is 11.2. The van der Waals surface area contributed by atoms with Crippen LogP contribution in [0.4, 0.5) is 4.39 Å². The van der Waals surface area contributed by atoms with Crippen LogP contribution in [-0.2, 0) is 30.2 Å². The lowest BCUT2D eigenvalue weighted by atomic mass is 9.97. The summed E-state index contributed by atoms with van der Waals surface area (Å²) in [5, 5.41) is 2.66. The number of hydrogen-bond acceptors (Lipinski definition) is 6. The van der Waals surface area contributed by atoms with Gasteiger partial charge in [0.05, 0.1) is 33.4 Å². The average Bonchev–Trinajstić information content (AvgIpc) is 3.48. The minimum absolute atomic E-state index is 0.0913. The van der Waals surface area contributed by atoms with Crippen LogP contribution in [0.3, 0.4) is 0 Å². The zero-order valence-corrected chi connectivity index (χ0v) is 19.1. The molecule has 1 spiro atoms.